The van der Waals surface area contributed by atoms with Crippen molar-refractivity contribution < 1.29 is 0 Å². The zero-order valence-corrected chi connectivity index (χ0v) is 10.6. The van der Waals surface area contributed by atoms with Crippen LogP contribution in [0.4, 0.5) is 5.82 Å². The third-order valence-electron chi connectivity index (χ3n) is 2.23. The van der Waals surface area contributed by atoms with Gasteiger partial charge in [-0.15, -0.1) is 0 Å². The van der Waals surface area contributed by atoms with E-state index < -0.39 is 0 Å². The molecule has 0 fully saturated rings. The lowest BCUT2D eigenvalue weighted by Crippen LogP contribution is -2.15. The predicted molar refractivity (Wildman–Crippen MR) is 69.6 cm³/mol. The molecule has 2 N–H and O–H groups in total. The van der Waals surface area contributed by atoms with E-state index >= 15 is 0 Å². The zero-order chi connectivity index (χ0) is 11.8. The van der Waals surface area contributed by atoms with Gasteiger partial charge in [-0.25, -0.2) is 4.98 Å². The third-order valence-corrected chi connectivity index (χ3v) is 2.23. The first kappa shape index (κ1) is 13.0. The summed E-state index contributed by atoms with van der Waals surface area (Å²) in [6.45, 7) is 9.43. The molecule has 0 aromatic carbocycles. The van der Waals surface area contributed by atoms with Gasteiger partial charge in [0.2, 0.25) is 0 Å². The monoisotopic (exact) mass is 221 g/mol. The lowest BCUT2D eigenvalue weighted by molar-refractivity contribution is 0.662. The lowest BCUT2D eigenvalue weighted by Gasteiger charge is -2.09. The Morgan fingerprint density at radius 3 is 2.81 bits per heavy atom. The SMILES string of the molecule is CCCNCc1cccc(NCC(C)C)n1. The highest BCUT2D eigenvalue weighted by Gasteiger charge is 1.98. The number of pyridine rings is 1. The highest BCUT2D eigenvalue weighted by Crippen LogP contribution is 2.05. The Morgan fingerprint density at radius 2 is 2.12 bits per heavy atom. The van der Waals surface area contributed by atoms with E-state index in [1.54, 1.807) is 0 Å². The van der Waals surface area contributed by atoms with Crippen molar-refractivity contribution in [2.75, 3.05) is 18.4 Å². The first-order valence-electron chi connectivity index (χ1n) is 6.13. The molecule has 1 aromatic rings. The molecule has 0 saturated heterocycles. The number of aromatic nitrogens is 1. The molecule has 16 heavy (non-hydrogen) atoms. The molecular weight excluding hydrogens is 198 g/mol. The summed E-state index contributed by atoms with van der Waals surface area (Å²) < 4.78 is 0. The molecule has 1 heterocycles. The minimum Gasteiger partial charge on any atom is -0.370 e. The third kappa shape index (κ3) is 5.12. The summed E-state index contributed by atoms with van der Waals surface area (Å²) >= 11 is 0. The van der Waals surface area contributed by atoms with Gasteiger partial charge in [-0.05, 0) is 31.0 Å². The highest BCUT2D eigenvalue weighted by molar-refractivity contribution is 5.35. The van der Waals surface area contributed by atoms with Crippen molar-refractivity contribution in [2.24, 2.45) is 5.92 Å². The van der Waals surface area contributed by atoms with Gasteiger partial charge in [-0.2, -0.15) is 0 Å². The maximum atomic E-state index is 4.54. The van der Waals surface area contributed by atoms with Crippen LogP contribution >= 0.6 is 0 Å². The molecule has 0 atom stereocenters. The van der Waals surface area contributed by atoms with Gasteiger partial charge in [0.05, 0.1) is 5.69 Å². The fourth-order valence-corrected chi connectivity index (χ4v) is 1.38. The minimum atomic E-state index is 0.642. The highest BCUT2D eigenvalue weighted by atomic mass is 15.0. The standard InChI is InChI=1S/C13H23N3/c1-4-8-14-10-12-6-5-7-13(16-12)15-9-11(2)3/h5-7,11,14H,4,8-10H2,1-3H3,(H,15,16). The first-order valence-corrected chi connectivity index (χ1v) is 6.13. The van der Waals surface area contributed by atoms with Gasteiger partial charge in [-0.1, -0.05) is 26.8 Å². The molecule has 0 amide bonds. The van der Waals surface area contributed by atoms with Gasteiger partial charge in [-0.3, -0.25) is 0 Å². The molecule has 0 aliphatic heterocycles. The second kappa shape index (κ2) is 7.23. The van der Waals surface area contributed by atoms with Crippen LogP contribution in [-0.2, 0) is 6.54 Å². The quantitative estimate of drug-likeness (QED) is 0.695. The van der Waals surface area contributed by atoms with Crippen molar-refractivity contribution in [3.8, 4) is 0 Å². The van der Waals surface area contributed by atoms with Crippen LogP contribution in [0.3, 0.4) is 0 Å². The van der Waals surface area contributed by atoms with Crippen LogP contribution in [0.25, 0.3) is 0 Å². The molecule has 0 saturated carbocycles. The second-order valence-corrected chi connectivity index (χ2v) is 4.47. The molecule has 0 aliphatic carbocycles. The van der Waals surface area contributed by atoms with E-state index in [2.05, 4.69) is 48.5 Å². The van der Waals surface area contributed by atoms with Crippen molar-refractivity contribution in [2.45, 2.75) is 33.7 Å². The predicted octanol–water partition coefficient (Wildman–Crippen LogP) is 2.65. The van der Waals surface area contributed by atoms with Crippen LogP contribution in [0.5, 0.6) is 0 Å². The smallest absolute Gasteiger partial charge is 0.126 e. The summed E-state index contributed by atoms with van der Waals surface area (Å²) in [5, 5.41) is 6.69. The van der Waals surface area contributed by atoms with Crippen LogP contribution in [0.1, 0.15) is 32.9 Å². The number of nitrogens with one attached hydrogen (secondary N) is 2. The summed E-state index contributed by atoms with van der Waals surface area (Å²) in [5.41, 5.74) is 1.10. The van der Waals surface area contributed by atoms with E-state index in [1.165, 1.54) is 0 Å². The molecule has 1 rings (SSSR count). The van der Waals surface area contributed by atoms with Crippen molar-refractivity contribution in [3.63, 3.8) is 0 Å². The number of nitrogens with zero attached hydrogens (tertiary/aromatic N) is 1. The van der Waals surface area contributed by atoms with Crippen molar-refractivity contribution in [3.05, 3.63) is 23.9 Å². The largest absolute Gasteiger partial charge is 0.370 e. The normalized spacial score (nSPS) is 10.8. The number of anilines is 1. The Kier molecular flexibility index (Phi) is 5.86. The zero-order valence-electron chi connectivity index (χ0n) is 10.6. The Balaban J connectivity index is 2.43. The van der Waals surface area contributed by atoms with Gasteiger partial charge in [0.1, 0.15) is 5.82 Å². The molecule has 0 aliphatic rings. The maximum Gasteiger partial charge on any atom is 0.126 e. The molecule has 0 radical (unpaired) electrons. The Labute approximate surface area is 98.7 Å². The molecule has 0 unspecified atom stereocenters. The minimum absolute atomic E-state index is 0.642. The maximum absolute atomic E-state index is 4.54. The van der Waals surface area contributed by atoms with E-state index in [-0.39, 0.29) is 0 Å². The Morgan fingerprint density at radius 1 is 1.31 bits per heavy atom. The van der Waals surface area contributed by atoms with E-state index in [4.69, 9.17) is 0 Å². The van der Waals surface area contributed by atoms with E-state index in [0.717, 1.165) is 37.6 Å². The molecule has 0 spiro atoms. The molecule has 3 nitrogen and oxygen atoms in total. The number of rotatable bonds is 7. The number of hydrogen-bond donors (Lipinski definition) is 2. The van der Waals surface area contributed by atoms with E-state index in [9.17, 15) is 0 Å². The molecular formula is C13H23N3. The molecule has 1 aromatic heterocycles. The van der Waals surface area contributed by atoms with Crippen LogP contribution in [0.2, 0.25) is 0 Å². The summed E-state index contributed by atoms with van der Waals surface area (Å²) in [7, 11) is 0. The summed E-state index contributed by atoms with van der Waals surface area (Å²) in [6.07, 6.45) is 1.16. The van der Waals surface area contributed by atoms with Gasteiger partial charge in [0.15, 0.2) is 0 Å². The fraction of sp³-hybridized carbons (Fsp3) is 0.615. The van der Waals surface area contributed by atoms with Gasteiger partial charge in [0.25, 0.3) is 0 Å². The topological polar surface area (TPSA) is 37.0 Å². The lowest BCUT2D eigenvalue weighted by atomic mass is 10.2. The summed E-state index contributed by atoms with van der Waals surface area (Å²) in [5.74, 6) is 1.62. The molecule has 3 heteroatoms. The number of hydrogen-bond acceptors (Lipinski definition) is 3. The van der Waals surface area contributed by atoms with E-state index in [0.29, 0.717) is 5.92 Å². The molecule has 90 valence electrons. The van der Waals surface area contributed by atoms with Crippen molar-refractivity contribution in [1.82, 2.24) is 10.3 Å². The van der Waals surface area contributed by atoms with Crippen LogP contribution in [0, 0.1) is 5.92 Å². The summed E-state index contributed by atoms with van der Waals surface area (Å²) in [4.78, 5) is 4.54. The Bertz CT molecular complexity index is 297. The van der Waals surface area contributed by atoms with Gasteiger partial charge >= 0.3 is 0 Å². The molecule has 0 bridgehead atoms. The van der Waals surface area contributed by atoms with Crippen molar-refractivity contribution >= 4 is 5.82 Å². The van der Waals surface area contributed by atoms with Gasteiger partial charge in [0, 0.05) is 13.1 Å². The second-order valence-electron chi connectivity index (χ2n) is 4.47. The van der Waals surface area contributed by atoms with Crippen molar-refractivity contribution in [1.29, 1.82) is 0 Å². The van der Waals surface area contributed by atoms with E-state index in [1.807, 2.05) is 6.07 Å². The average Bonchev–Trinajstić information content (AvgIpc) is 2.27. The van der Waals surface area contributed by atoms with Gasteiger partial charge < -0.3 is 10.6 Å². The average molecular weight is 221 g/mol. The van der Waals surface area contributed by atoms with Crippen LogP contribution < -0.4 is 10.6 Å². The van der Waals surface area contributed by atoms with Crippen LogP contribution in [-0.4, -0.2) is 18.1 Å². The Hall–Kier alpha value is -1.09. The van der Waals surface area contributed by atoms with Crippen LogP contribution in [0.15, 0.2) is 18.2 Å². The first-order chi connectivity index (χ1) is 7.72. The fourth-order valence-electron chi connectivity index (χ4n) is 1.38. The summed E-state index contributed by atoms with van der Waals surface area (Å²) in [6, 6.07) is 6.13.